The molecule has 3 aromatic rings. The van der Waals surface area contributed by atoms with Crippen LogP contribution in [0.5, 0.6) is 5.88 Å². The van der Waals surface area contributed by atoms with Crippen molar-refractivity contribution in [3.63, 3.8) is 0 Å². The van der Waals surface area contributed by atoms with Gasteiger partial charge in [0.25, 0.3) is 15.9 Å². The van der Waals surface area contributed by atoms with Crippen molar-refractivity contribution < 1.29 is 26.7 Å². The number of rotatable bonds is 5. The summed E-state index contributed by atoms with van der Waals surface area (Å²) in [6.45, 7) is 4.68. The Morgan fingerprint density at radius 1 is 1.00 bits per heavy atom. The van der Waals surface area contributed by atoms with E-state index >= 15 is 8.78 Å². The molecule has 3 aromatic heterocycles. The van der Waals surface area contributed by atoms with Crippen LogP contribution in [-0.2, 0) is 16.4 Å². The number of amides is 1. The molecule has 2 spiro atoms. The van der Waals surface area contributed by atoms with Crippen molar-refractivity contribution in [1.29, 1.82) is 0 Å². The smallest absolute Gasteiger partial charge is 0.281 e. The Hall–Kier alpha value is -3.61. The summed E-state index contributed by atoms with van der Waals surface area (Å²) in [7, 11) is -4.40. The van der Waals surface area contributed by atoms with E-state index in [2.05, 4.69) is 14.8 Å². The monoisotopic (exact) mass is 652 g/mol. The van der Waals surface area contributed by atoms with Crippen LogP contribution in [-0.4, -0.2) is 58.7 Å². The summed E-state index contributed by atoms with van der Waals surface area (Å²) in [6.07, 6.45) is 7.77. The van der Waals surface area contributed by atoms with E-state index in [1.165, 1.54) is 49.9 Å². The number of aryl methyl sites for hydroxylation is 1. The summed E-state index contributed by atoms with van der Waals surface area (Å²) in [5.41, 5.74) is 0.840. The molecule has 13 heteroatoms. The van der Waals surface area contributed by atoms with Gasteiger partial charge in [0.2, 0.25) is 11.8 Å². The first-order chi connectivity index (χ1) is 21.8. The van der Waals surface area contributed by atoms with Crippen LogP contribution < -0.4 is 14.4 Å². The van der Waals surface area contributed by atoms with Gasteiger partial charge < -0.3 is 9.64 Å². The summed E-state index contributed by atoms with van der Waals surface area (Å²) >= 11 is 0. The fraction of sp³-hybridized carbons (Fsp3) is 0.576. The van der Waals surface area contributed by atoms with E-state index in [0.29, 0.717) is 35.6 Å². The Bertz CT molecular complexity index is 1820. The van der Waals surface area contributed by atoms with Gasteiger partial charge in [0.15, 0.2) is 10.8 Å². The highest BCUT2D eigenvalue weighted by Gasteiger charge is 2.85. The van der Waals surface area contributed by atoms with Crippen molar-refractivity contribution >= 4 is 21.7 Å². The van der Waals surface area contributed by atoms with E-state index in [1.54, 1.807) is 23.0 Å². The highest BCUT2D eigenvalue weighted by Crippen LogP contribution is 2.93. The van der Waals surface area contributed by atoms with Crippen LogP contribution in [0.25, 0.3) is 5.82 Å². The molecule has 1 saturated heterocycles. The number of ether oxygens (including phenoxy) is 1. The number of hydrogen-bond donors (Lipinski definition) is 1. The van der Waals surface area contributed by atoms with Crippen molar-refractivity contribution in [2.24, 2.45) is 22.7 Å². The molecule has 1 N–H and O–H groups in total. The number of halogens is 2. The second-order valence-electron chi connectivity index (χ2n) is 14.6. The molecule has 3 saturated carbocycles. The number of anilines is 1. The largest absolute Gasteiger partial charge is 0.477 e. The maximum atomic E-state index is 15.3. The second-order valence-corrected chi connectivity index (χ2v) is 16.2. The zero-order valence-electron chi connectivity index (χ0n) is 26.0. The molecular weight excluding hydrogens is 614 g/mol. The minimum absolute atomic E-state index is 0.00918. The molecule has 46 heavy (non-hydrogen) atoms. The minimum atomic E-state index is -4.40. The SMILES string of the molecule is CC1(C)CC2CN1c1nc(-n3ccc(OCCC4C5(CC5)C45CC5)n3)ccc1C(=O)NS(=O)(=O)c1cccc(n1)CCC(F)(F)C2. The van der Waals surface area contributed by atoms with Gasteiger partial charge in [0.1, 0.15) is 5.82 Å². The molecule has 10 nitrogen and oxygen atoms in total. The number of hydrogen-bond acceptors (Lipinski definition) is 8. The molecule has 244 valence electrons. The summed E-state index contributed by atoms with van der Waals surface area (Å²) < 4.78 is 66.7. The van der Waals surface area contributed by atoms with Crippen molar-refractivity contribution in [1.82, 2.24) is 24.5 Å². The van der Waals surface area contributed by atoms with E-state index in [1.807, 2.05) is 18.7 Å². The molecule has 3 aliphatic carbocycles. The van der Waals surface area contributed by atoms with Gasteiger partial charge in [-0.1, -0.05) is 6.07 Å². The zero-order valence-corrected chi connectivity index (χ0v) is 26.8. The van der Waals surface area contributed by atoms with Crippen molar-refractivity contribution in [2.45, 2.75) is 88.1 Å². The Labute approximate surface area is 267 Å². The van der Waals surface area contributed by atoms with E-state index in [0.717, 1.165) is 12.3 Å². The normalized spacial score (nSPS) is 26.1. The Balaban J connectivity index is 1.09. The average molecular weight is 653 g/mol. The average Bonchev–Trinajstić information content (AvgIpc) is 3.95. The lowest BCUT2D eigenvalue weighted by molar-refractivity contribution is -0.0291. The third-order valence-corrected chi connectivity index (χ3v) is 12.4. The van der Waals surface area contributed by atoms with Crippen LogP contribution in [0.3, 0.4) is 0 Å². The summed E-state index contributed by atoms with van der Waals surface area (Å²) in [5, 5.41) is 4.16. The highest BCUT2D eigenvalue weighted by atomic mass is 32.2. The highest BCUT2D eigenvalue weighted by molar-refractivity contribution is 7.90. The molecule has 1 atom stereocenters. The Morgan fingerprint density at radius 2 is 1.76 bits per heavy atom. The molecule has 1 amide bonds. The number of fused-ring (bicyclic) bond motifs is 7. The Kier molecular flexibility index (Phi) is 6.44. The number of pyridine rings is 2. The number of carbonyl (C=O) groups excluding carboxylic acids is 1. The third-order valence-electron chi connectivity index (χ3n) is 11.2. The quantitative estimate of drug-likeness (QED) is 0.394. The van der Waals surface area contributed by atoms with Crippen LogP contribution >= 0.6 is 0 Å². The van der Waals surface area contributed by atoms with Crippen LogP contribution in [0.2, 0.25) is 0 Å². The van der Waals surface area contributed by atoms with Crippen LogP contribution in [0.4, 0.5) is 14.6 Å². The van der Waals surface area contributed by atoms with Crippen LogP contribution in [0, 0.1) is 22.7 Å². The number of sulfonamides is 1. The molecule has 8 rings (SSSR count). The zero-order chi connectivity index (χ0) is 32.1. The van der Waals surface area contributed by atoms with Gasteiger partial charge in [-0.25, -0.2) is 28.2 Å². The topological polar surface area (TPSA) is 119 Å². The minimum Gasteiger partial charge on any atom is -0.477 e. The fourth-order valence-corrected chi connectivity index (χ4v) is 9.76. The first kappa shape index (κ1) is 29.8. The number of aromatic nitrogens is 4. The number of nitrogens with one attached hydrogen (secondary N) is 1. The molecular formula is C33H38F2N6O4S. The van der Waals surface area contributed by atoms with Gasteiger partial charge in [-0.05, 0) is 106 Å². The lowest BCUT2D eigenvalue weighted by Crippen LogP contribution is -2.41. The van der Waals surface area contributed by atoms with Gasteiger partial charge in [-0.15, -0.1) is 5.10 Å². The molecule has 5 aliphatic rings. The van der Waals surface area contributed by atoms with Crippen molar-refractivity contribution in [3.8, 4) is 11.7 Å². The maximum Gasteiger partial charge on any atom is 0.281 e. The number of nitrogens with zero attached hydrogens (tertiary/aromatic N) is 5. The summed E-state index contributed by atoms with van der Waals surface area (Å²) in [5.74, 6) is -2.41. The van der Waals surface area contributed by atoms with Gasteiger partial charge in [-0.2, -0.15) is 8.42 Å². The van der Waals surface area contributed by atoms with E-state index < -0.39 is 38.8 Å². The summed E-state index contributed by atoms with van der Waals surface area (Å²) in [4.78, 5) is 24.4. The van der Waals surface area contributed by atoms with Gasteiger partial charge in [0.05, 0.1) is 12.2 Å². The molecule has 1 unspecified atom stereocenters. The molecule has 5 heterocycles. The third kappa shape index (κ3) is 4.96. The van der Waals surface area contributed by atoms with Crippen LogP contribution in [0.1, 0.15) is 81.3 Å². The molecule has 4 bridgehead atoms. The molecule has 4 fully saturated rings. The Morgan fingerprint density at radius 3 is 2.50 bits per heavy atom. The first-order valence-corrected chi connectivity index (χ1v) is 17.7. The van der Waals surface area contributed by atoms with E-state index in [-0.39, 0.29) is 42.4 Å². The van der Waals surface area contributed by atoms with Gasteiger partial charge in [0, 0.05) is 42.9 Å². The predicted molar refractivity (Wildman–Crippen MR) is 165 cm³/mol. The van der Waals surface area contributed by atoms with E-state index in [4.69, 9.17) is 9.72 Å². The van der Waals surface area contributed by atoms with Gasteiger partial charge in [-0.3, -0.25) is 4.79 Å². The second kappa shape index (κ2) is 9.95. The first-order valence-electron chi connectivity index (χ1n) is 16.2. The summed E-state index contributed by atoms with van der Waals surface area (Å²) in [6, 6.07) is 9.05. The van der Waals surface area contributed by atoms with Crippen molar-refractivity contribution in [3.05, 3.63) is 53.9 Å². The van der Waals surface area contributed by atoms with Crippen molar-refractivity contribution in [2.75, 3.05) is 18.1 Å². The van der Waals surface area contributed by atoms with Gasteiger partial charge >= 0.3 is 0 Å². The fourth-order valence-electron chi connectivity index (χ4n) is 8.80. The lowest BCUT2D eigenvalue weighted by atomic mass is 9.91. The maximum absolute atomic E-state index is 15.3. The van der Waals surface area contributed by atoms with E-state index in [9.17, 15) is 13.2 Å². The number of alkyl halides is 2. The lowest BCUT2D eigenvalue weighted by Gasteiger charge is -2.34. The molecule has 2 aliphatic heterocycles. The molecule has 0 radical (unpaired) electrons. The predicted octanol–water partition coefficient (Wildman–Crippen LogP) is 5.32. The molecule has 0 aromatic carbocycles. The van der Waals surface area contributed by atoms with Crippen LogP contribution in [0.15, 0.2) is 47.6 Å². The number of carbonyl (C=O) groups is 1. The standard InChI is InChI=1S/C33H38F2N6O4S/c1-30(2)18-21-19-33(34,35)11-8-22-4-3-5-27(36-22)46(43,44)39-29(42)23-6-7-25(37-28(23)40(30)20-21)41-16-9-26(38-41)45-17-10-24-31(12-13-31)32(24)14-15-32/h3-7,9,16,21,24H,8,10-15,17-20H2,1-2H3,(H,39,42).